The van der Waals surface area contributed by atoms with Gasteiger partial charge < -0.3 is 15.8 Å². The van der Waals surface area contributed by atoms with Gasteiger partial charge in [0.15, 0.2) is 6.61 Å². The largest absolute Gasteiger partial charge is 0.478 e. The van der Waals surface area contributed by atoms with Crippen LogP contribution < -0.4 is 15.8 Å². The van der Waals surface area contributed by atoms with E-state index in [1.165, 1.54) is 0 Å². The molecular weight excluding hydrogens is 238 g/mol. The van der Waals surface area contributed by atoms with E-state index in [0.29, 0.717) is 12.1 Å². The Bertz CT molecular complexity index is 433. The molecule has 0 saturated heterocycles. The molecule has 1 saturated carbocycles. The summed E-state index contributed by atoms with van der Waals surface area (Å²) in [7, 11) is 0. The average Bonchev–Trinajstić information content (AvgIpc) is 2.45. The molecule has 1 aromatic rings. The van der Waals surface area contributed by atoms with E-state index in [2.05, 4.69) is 5.32 Å². The quantitative estimate of drug-likeness (QED) is 0.848. The van der Waals surface area contributed by atoms with Gasteiger partial charge in [0.1, 0.15) is 11.8 Å². The topological polar surface area (TPSA) is 71.1 Å². The molecule has 0 spiro atoms. The number of para-hydroxylation sites is 1. The van der Waals surface area contributed by atoms with E-state index >= 15 is 0 Å². The Morgan fingerprint density at radius 1 is 1.26 bits per heavy atom. The van der Waals surface area contributed by atoms with Crippen molar-refractivity contribution in [3.05, 3.63) is 29.8 Å². The molecule has 0 aliphatic heterocycles. The smallest absolute Gasteiger partial charge is 0.174 e. The van der Waals surface area contributed by atoms with Crippen LogP contribution in [0, 0.1) is 11.3 Å². The first-order chi connectivity index (χ1) is 9.29. The summed E-state index contributed by atoms with van der Waals surface area (Å²) in [5.74, 6) is 0.795. The molecule has 2 rings (SSSR count). The van der Waals surface area contributed by atoms with Gasteiger partial charge in [-0.3, -0.25) is 0 Å². The molecule has 102 valence electrons. The number of nitrogens with zero attached hydrogens (tertiary/aromatic N) is 1. The molecule has 1 aliphatic carbocycles. The van der Waals surface area contributed by atoms with Crippen LogP contribution in [0.4, 0.5) is 0 Å². The standard InChI is InChI=1S/C15H21N3O/c16-9-10-19-15-4-2-1-3-12(15)11-18-14-7-5-13(17)6-8-14/h1-4,13-14,18H,5-8,10-11,17H2. The van der Waals surface area contributed by atoms with E-state index in [4.69, 9.17) is 15.7 Å². The number of hydrogen-bond donors (Lipinski definition) is 2. The Hall–Kier alpha value is -1.57. The number of rotatable bonds is 5. The van der Waals surface area contributed by atoms with Crippen LogP contribution >= 0.6 is 0 Å². The van der Waals surface area contributed by atoms with Crippen LogP contribution in [0.1, 0.15) is 31.2 Å². The van der Waals surface area contributed by atoms with E-state index in [9.17, 15) is 0 Å². The number of nitriles is 1. The molecule has 0 heterocycles. The third-order valence-electron chi connectivity index (χ3n) is 3.62. The number of hydrogen-bond acceptors (Lipinski definition) is 4. The lowest BCUT2D eigenvalue weighted by molar-refractivity contribution is 0.334. The van der Waals surface area contributed by atoms with E-state index in [-0.39, 0.29) is 6.61 Å². The molecule has 0 aromatic heterocycles. The van der Waals surface area contributed by atoms with Gasteiger partial charge in [0.05, 0.1) is 0 Å². The van der Waals surface area contributed by atoms with Gasteiger partial charge in [0, 0.05) is 24.2 Å². The van der Waals surface area contributed by atoms with E-state index in [0.717, 1.165) is 43.5 Å². The van der Waals surface area contributed by atoms with Crippen molar-refractivity contribution in [2.75, 3.05) is 6.61 Å². The second-order valence-corrected chi connectivity index (χ2v) is 5.05. The Kier molecular flexibility index (Phi) is 5.20. The summed E-state index contributed by atoms with van der Waals surface area (Å²) in [4.78, 5) is 0. The fourth-order valence-corrected chi connectivity index (χ4v) is 2.48. The van der Waals surface area contributed by atoms with Crippen LogP contribution in [0.2, 0.25) is 0 Å². The van der Waals surface area contributed by atoms with Gasteiger partial charge in [-0.15, -0.1) is 0 Å². The van der Waals surface area contributed by atoms with Crippen molar-refractivity contribution in [2.24, 2.45) is 5.73 Å². The highest BCUT2D eigenvalue weighted by Crippen LogP contribution is 2.20. The van der Waals surface area contributed by atoms with Gasteiger partial charge in [0.2, 0.25) is 0 Å². The van der Waals surface area contributed by atoms with Gasteiger partial charge in [0.25, 0.3) is 0 Å². The number of nitrogens with two attached hydrogens (primary N) is 1. The summed E-state index contributed by atoms with van der Waals surface area (Å²) in [6.45, 7) is 0.872. The van der Waals surface area contributed by atoms with E-state index in [1.807, 2.05) is 30.3 Å². The molecule has 0 unspecified atom stereocenters. The molecule has 0 radical (unpaired) electrons. The molecule has 0 bridgehead atoms. The molecular formula is C15H21N3O. The molecule has 1 aromatic carbocycles. The van der Waals surface area contributed by atoms with Gasteiger partial charge in [-0.1, -0.05) is 18.2 Å². The Balaban J connectivity index is 1.87. The first-order valence-corrected chi connectivity index (χ1v) is 6.86. The summed E-state index contributed by atoms with van der Waals surface area (Å²) in [5.41, 5.74) is 7.01. The molecule has 19 heavy (non-hydrogen) atoms. The summed E-state index contributed by atoms with van der Waals surface area (Å²) in [6, 6.07) is 10.8. The maximum atomic E-state index is 8.57. The molecule has 3 N–H and O–H groups in total. The van der Waals surface area contributed by atoms with E-state index < -0.39 is 0 Å². The summed E-state index contributed by atoms with van der Waals surface area (Å²) >= 11 is 0. The van der Waals surface area contributed by atoms with Gasteiger partial charge >= 0.3 is 0 Å². The maximum absolute atomic E-state index is 8.57. The lowest BCUT2D eigenvalue weighted by Gasteiger charge is -2.27. The monoisotopic (exact) mass is 259 g/mol. The van der Waals surface area contributed by atoms with Crippen molar-refractivity contribution in [3.63, 3.8) is 0 Å². The van der Waals surface area contributed by atoms with Crippen LogP contribution in [0.5, 0.6) is 5.75 Å². The Morgan fingerprint density at radius 2 is 2.00 bits per heavy atom. The molecule has 4 heteroatoms. The second kappa shape index (κ2) is 7.13. The lowest BCUT2D eigenvalue weighted by atomic mass is 9.92. The van der Waals surface area contributed by atoms with Crippen molar-refractivity contribution in [1.29, 1.82) is 5.26 Å². The SMILES string of the molecule is N#CCOc1ccccc1CNC1CCC(N)CC1. The minimum Gasteiger partial charge on any atom is -0.478 e. The minimum atomic E-state index is 0.0926. The summed E-state index contributed by atoms with van der Waals surface area (Å²) < 4.78 is 5.42. The summed E-state index contributed by atoms with van der Waals surface area (Å²) in [6.07, 6.45) is 4.49. The van der Waals surface area contributed by atoms with Gasteiger partial charge in [-0.25, -0.2) is 0 Å². The minimum absolute atomic E-state index is 0.0926. The fraction of sp³-hybridized carbons (Fsp3) is 0.533. The van der Waals surface area contributed by atoms with Crippen molar-refractivity contribution < 1.29 is 4.74 Å². The number of nitrogens with one attached hydrogen (secondary N) is 1. The van der Waals surface area contributed by atoms with Crippen molar-refractivity contribution in [3.8, 4) is 11.8 Å². The lowest BCUT2D eigenvalue weighted by Crippen LogP contribution is -2.37. The molecule has 0 amide bonds. The number of benzene rings is 1. The molecule has 0 atom stereocenters. The van der Waals surface area contributed by atoms with Crippen molar-refractivity contribution >= 4 is 0 Å². The normalized spacial score (nSPS) is 22.7. The highest BCUT2D eigenvalue weighted by Gasteiger charge is 2.18. The first-order valence-electron chi connectivity index (χ1n) is 6.86. The highest BCUT2D eigenvalue weighted by atomic mass is 16.5. The fourth-order valence-electron chi connectivity index (χ4n) is 2.48. The predicted molar refractivity (Wildman–Crippen MR) is 74.6 cm³/mol. The van der Waals surface area contributed by atoms with Crippen molar-refractivity contribution in [1.82, 2.24) is 5.32 Å². The second-order valence-electron chi connectivity index (χ2n) is 5.05. The Labute approximate surface area is 114 Å². The first kappa shape index (κ1) is 13.9. The van der Waals surface area contributed by atoms with Gasteiger partial charge in [-0.2, -0.15) is 5.26 Å². The van der Waals surface area contributed by atoms with E-state index in [1.54, 1.807) is 0 Å². The molecule has 1 aliphatic rings. The number of ether oxygens (including phenoxy) is 1. The zero-order valence-corrected chi connectivity index (χ0v) is 11.1. The van der Waals surface area contributed by atoms with Crippen molar-refractivity contribution in [2.45, 2.75) is 44.3 Å². The van der Waals surface area contributed by atoms with Crippen LogP contribution in [0.3, 0.4) is 0 Å². The van der Waals surface area contributed by atoms with Crippen LogP contribution in [0.15, 0.2) is 24.3 Å². The van der Waals surface area contributed by atoms with Crippen LogP contribution in [-0.4, -0.2) is 18.7 Å². The maximum Gasteiger partial charge on any atom is 0.174 e. The molecule has 1 fully saturated rings. The Morgan fingerprint density at radius 3 is 2.74 bits per heavy atom. The predicted octanol–water partition coefficient (Wildman–Crippen LogP) is 1.95. The zero-order chi connectivity index (χ0) is 13.5. The van der Waals surface area contributed by atoms with Crippen LogP contribution in [0.25, 0.3) is 0 Å². The third-order valence-corrected chi connectivity index (χ3v) is 3.62. The summed E-state index contributed by atoms with van der Waals surface area (Å²) in [5, 5.41) is 12.1. The molecule has 4 nitrogen and oxygen atoms in total. The highest BCUT2D eigenvalue weighted by molar-refractivity contribution is 5.33. The van der Waals surface area contributed by atoms with Gasteiger partial charge in [-0.05, 0) is 31.7 Å². The average molecular weight is 259 g/mol. The third kappa shape index (κ3) is 4.23. The zero-order valence-electron chi connectivity index (χ0n) is 11.1. The van der Waals surface area contributed by atoms with Crippen LogP contribution in [-0.2, 0) is 6.54 Å².